The summed E-state index contributed by atoms with van der Waals surface area (Å²) in [6, 6.07) is 10.8. The average molecular weight is 343 g/mol. The molecule has 0 saturated carbocycles. The maximum Gasteiger partial charge on any atom is 0.261 e. The van der Waals surface area contributed by atoms with Crippen LogP contribution in [0.25, 0.3) is 0 Å². The van der Waals surface area contributed by atoms with Gasteiger partial charge >= 0.3 is 0 Å². The van der Waals surface area contributed by atoms with Gasteiger partial charge in [0, 0.05) is 13.1 Å². The second-order valence-corrected chi connectivity index (χ2v) is 6.60. The molecule has 0 radical (unpaired) electrons. The highest BCUT2D eigenvalue weighted by Gasteiger charge is 2.27. The predicted octanol–water partition coefficient (Wildman–Crippen LogP) is 3.72. The smallest absolute Gasteiger partial charge is 0.261 e. The van der Waals surface area contributed by atoms with E-state index in [9.17, 15) is 19.4 Å². The quantitative estimate of drug-likeness (QED) is 0.889. The molecular formula is C20H22FNO3. The van der Waals surface area contributed by atoms with Gasteiger partial charge in [0.1, 0.15) is 22.9 Å². The number of benzene rings is 2. The molecule has 0 aliphatic carbocycles. The van der Waals surface area contributed by atoms with E-state index >= 15 is 0 Å². The van der Waals surface area contributed by atoms with Gasteiger partial charge < -0.3 is 15.1 Å². The molecule has 4 nitrogen and oxygen atoms in total. The topological polar surface area (TPSA) is 60.8 Å². The minimum Gasteiger partial charge on any atom is -0.507 e. The zero-order valence-electron chi connectivity index (χ0n) is 14.0. The number of hydrogen-bond acceptors (Lipinski definition) is 3. The predicted molar refractivity (Wildman–Crippen MR) is 93.1 cm³/mol. The Morgan fingerprint density at radius 3 is 2.48 bits per heavy atom. The van der Waals surface area contributed by atoms with Crippen molar-refractivity contribution in [3.8, 4) is 11.5 Å². The first-order valence-electron chi connectivity index (χ1n) is 8.59. The van der Waals surface area contributed by atoms with E-state index in [2.05, 4.69) is 0 Å². The normalized spacial score (nSPS) is 17.5. The number of carbonyl (C=O) groups excluding carboxylic acids is 1. The van der Waals surface area contributed by atoms with E-state index in [1.807, 2.05) is 0 Å². The lowest BCUT2D eigenvalue weighted by Gasteiger charge is -2.33. The molecule has 0 aromatic heterocycles. The molecular weight excluding hydrogens is 321 g/mol. The van der Waals surface area contributed by atoms with Crippen LogP contribution in [0.5, 0.6) is 11.5 Å². The summed E-state index contributed by atoms with van der Waals surface area (Å²) in [7, 11) is 0. The Bertz CT molecular complexity index is 725. The lowest BCUT2D eigenvalue weighted by atomic mass is 9.91. The van der Waals surface area contributed by atoms with Crippen molar-refractivity contribution in [1.82, 2.24) is 4.90 Å². The van der Waals surface area contributed by atoms with Gasteiger partial charge in [0.25, 0.3) is 5.91 Å². The van der Waals surface area contributed by atoms with Gasteiger partial charge in [-0.05, 0) is 61.4 Å². The van der Waals surface area contributed by atoms with Gasteiger partial charge in [-0.1, -0.05) is 18.2 Å². The molecule has 1 heterocycles. The molecule has 2 aromatic carbocycles. The zero-order chi connectivity index (χ0) is 17.8. The summed E-state index contributed by atoms with van der Waals surface area (Å²) in [5, 5.41) is 19.8. The Hall–Kier alpha value is -2.56. The number of carbonyl (C=O) groups is 1. The lowest BCUT2D eigenvalue weighted by Crippen LogP contribution is -2.40. The van der Waals surface area contributed by atoms with Crippen molar-refractivity contribution in [2.24, 2.45) is 5.92 Å². The summed E-state index contributed by atoms with van der Waals surface area (Å²) in [5.41, 5.74) is 1.06. The molecule has 132 valence electrons. The van der Waals surface area contributed by atoms with E-state index in [0.717, 1.165) is 31.2 Å². The molecule has 0 spiro atoms. The largest absolute Gasteiger partial charge is 0.507 e. The SMILES string of the molecule is O=C(c1c(O)cccc1O)N1CCC[C@@H](CCc2ccc(F)cc2)C1. The number of hydrogen-bond donors (Lipinski definition) is 2. The van der Waals surface area contributed by atoms with Crippen LogP contribution in [0, 0.1) is 11.7 Å². The number of aromatic hydroxyl groups is 2. The third-order valence-corrected chi connectivity index (χ3v) is 4.80. The second kappa shape index (κ2) is 7.55. The number of aryl methyl sites for hydroxylation is 1. The minimum atomic E-state index is -0.331. The van der Waals surface area contributed by atoms with Crippen LogP contribution < -0.4 is 0 Å². The second-order valence-electron chi connectivity index (χ2n) is 6.60. The van der Waals surface area contributed by atoms with Crippen LogP contribution in [0.2, 0.25) is 0 Å². The number of nitrogens with zero attached hydrogens (tertiary/aromatic N) is 1. The highest BCUT2D eigenvalue weighted by Crippen LogP contribution is 2.30. The Kier molecular flexibility index (Phi) is 5.22. The summed E-state index contributed by atoms with van der Waals surface area (Å²) in [6.07, 6.45) is 3.70. The molecule has 1 fully saturated rings. The number of phenols is 2. The molecule has 3 rings (SSSR count). The summed E-state index contributed by atoms with van der Waals surface area (Å²) in [6.45, 7) is 1.23. The molecule has 0 unspecified atom stereocenters. The standard InChI is InChI=1S/C20H22FNO3/c21-16-10-8-14(9-11-16)6-7-15-3-2-12-22(13-15)20(25)19-17(23)4-1-5-18(19)24/h1,4-5,8-11,15,23-24H,2-3,6-7,12-13H2/t15-/m0/s1. The van der Waals surface area contributed by atoms with Crippen LogP contribution in [0.1, 0.15) is 35.2 Å². The van der Waals surface area contributed by atoms with Crippen LogP contribution in [-0.4, -0.2) is 34.1 Å². The lowest BCUT2D eigenvalue weighted by molar-refractivity contribution is 0.0662. The highest BCUT2D eigenvalue weighted by molar-refractivity contribution is 5.99. The Morgan fingerprint density at radius 1 is 1.12 bits per heavy atom. The van der Waals surface area contributed by atoms with Crippen LogP contribution in [0.3, 0.4) is 0 Å². The molecule has 1 aliphatic rings. The van der Waals surface area contributed by atoms with Crippen molar-refractivity contribution < 1.29 is 19.4 Å². The number of phenolic OH excluding ortho intramolecular Hbond substituents is 2. The third-order valence-electron chi connectivity index (χ3n) is 4.80. The van der Waals surface area contributed by atoms with E-state index in [0.29, 0.717) is 19.0 Å². The van der Waals surface area contributed by atoms with Crippen molar-refractivity contribution in [3.05, 3.63) is 59.4 Å². The van der Waals surface area contributed by atoms with Crippen LogP contribution in [-0.2, 0) is 6.42 Å². The maximum absolute atomic E-state index is 13.0. The van der Waals surface area contributed by atoms with Crippen molar-refractivity contribution in [3.63, 3.8) is 0 Å². The molecule has 2 aromatic rings. The summed E-state index contributed by atoms with van der Waals surface area (Å²) in [5.74, 6) is -0.602. The summed E-state index contributed by atoms with van der Waals surface area (Å²) < 4.78 is 13.0. The third kappa shape index (κ3) is 4.10. The number of rotatable bonds is 4. The number of piperidine rings is 1. The van der Waals surface area contributed by atoms with Gasteiger partial charge in [-0.15, -0.1) is 0 Å². The van der Waals surface area contributed by atoms with Crippen LogP contribution in [0.4, 0.5) is 4.39 Å². The van der Waals surface area contributed by atoms with E-state index in [4.69, 9.17) is 0 Å². The van der Waals surface area contributed by atoms with Crippen molar-refractivity contribution in [2.45, 2.75) is 25.7 Å². The van der Waals surface area contributed by atoms with E-state index in [-0.39, 0.29) is 28.8 Å². The average Bonchev–Trinajstić information content (AvgIpc) is 2.61. The van der Waals surface area contributed by atoms with Crippen molar-refractivity contribution in [1.29, 1.82) is 0 Å². The minimum absolute atomic E-state index is 0.0262. The van der Waals surface area contributed by atoms with Gasteiger partial charge in [-0.3, -0.25) is 4.79 Å². The first kappa shape index (κ1) is 17.3. The fraction of sp³-hybridized carbons (Fsp3) is 0.350. The van der Waals surface area contributed by atoms with Crippen LogP contribution in [0.15, 0.2) is 42.5 Å². The van der Waals surface area contributed by atoms with Gasteiger partial charge in [0.2, 0.25) is 0 Å². The van der Waals surface area contributed by atoms with Crippen LogP contribution >= 0.6 is 0 Å². The monoisotopic (exact) mass is 343 g/mol. The molecule has 1 saturated heterocycles. The van der Waals surface area contributed by atoms with E-state index < -0.39 is 0 Å². The summed E-state index contributed by atoms with van der Waals surface area (Å²) >= 11 is 0. The van der Waals surface area contributed by atoms with Gasteiger partial charge in [-0.25, -0.2) is 4.39 Å². The summed E-state index contributed by atoms with van der Waals surface area (Å²) in [4.78, 5) is 14.4. The molecule has 2 N–H and O–H groups in total. The molecule has 1 amide bonds. The van der Waals surface area contributed by atoms with Crippen molar-refractivity contribution >= 4 is 5.91 Å². The van der Waals surface area contributed by atoms with Gasteiger partial charge in [0.15, 0.2) is 0 Å². The van der Waals surface area contributed by atoms with E-state index in [1.54, 1.807) is 17.0 Å². The zero-order valence-corrected chi connectivity index (χ0v) is 14.0. The first-order valence-corrected chi connectivity index (χ1v) is 8.59. The highest BCUT2D eigenvalue weighted by atomic mass is 19.1. The first-order chi connectivity index (χ1) is 12.0. The molecule has 1 aliphatic heterocycles. The Morgan fingerprint density at radius 2 is 1.80 bits per heavy atom. The molecule has 5 heteroatoms. The van der Waals surface area contributed by atoms with Gasteiger partial charge in [0.05, 0.1) is 0 Å². The fourth-order valence-electron chi connectivity index (χ4n) is 3.41. The Balaban J connectivity index is 1.62. The molecule has 0 bridgehead atoms. The number of halogens is 1. The van der Waals surface area contributed by atoms with E-state index in [1.165, 1.54) is 30.3 Å². The number of amides is 1. The Labute approximate surface area is 146 Å². The molecule has 25 heavy (non-hydrogen) atoms. The fourth-order valence-corrected chi connectivity index (χ4v) is 3.41. The number of likely N-dealkylation sites (tertiary alicyclic amines) is 1. The van der Waals surface area contributed by atoms with Crippen molar-refractivity contribution in [2.75, 3.05) is 13.1 Å². The van der Waals surface area contributed by atoms with Gasteiger partial charge in [-0.2, -0.15) is 0 Å². The molecule has 1 atom stereocenters. The maximum atomic E-state index is 13.0.